The van der Waals surface area contributed by atoms with E-state index in [9.17, 15) is 0 Å². The van der Waals surface area contributed by atoms with Crippen molar-refractivity contribution in [3.05, 3.63) is 218 Å². The summed E-state index contributed by atoms with van der Waals surface area (Å²) in [7, 11) is 0. The summed E-state index contributed by atoms with van der Waals surface area (Å²) in [4.78, 5) is 15.0. The molecule has 0 saturated heterocycles. The van der Waals surface area contributed by atoms with Gasteiger partial charge < -0.3 is 4.57 Å². The number of aromatic nitrogens is 4. The number of fused-ring (bicyclic) bond motifs is 9. The topological polar surface area (TPSA) is 43.6 Å². The minimum atomic E-state index is 0.636. The minimum absolute atomic E-state index is 0.636. The summed E-state index contributed by atoms with van der Waals surface area (Å²) in [5, 5.41) is 10.1. The Morgan fingerprint density at radius 2 is 0.689 bits per heavy atom. The molecule has 0 radical (unpaired) electrons. The van der Waals surface area contributed by atoms with Crippen molar-refractivity contribution in [2.24, 2.45) is 0 Å². The van der Waals surface area contributed by atoms with E-state index in [1.54, 1.807) is 0 Å². The molecule has 61 heavy (non-hydrogen) atoms. The van der Waals surface area contributed by atoms with Crippen LogP contribution in [0, 0.1) is 0 Å². The summed E-state index contributed by atoms with van der Waals surface area (Å²) in [6.07, 6.45) is 0. The van der Waals surface area contributed by atoms with E-state index in [1.165, 1.54) is 59.7 Å². The number of para-hydroxylation sites is 1. The Morgan fingerprint density at radius 3 is 1.28 bits per heavy atom. The van der Waals surface area contributed by atoms with E-state index in [4.69, 9.17) is 15.0 Å². The summed E-state index contributed by atoms with van der Waals surface area (Å²) < 4.78 is 2.44. The first-order valence-electron chi connectivity index (χ1n) is 20.7. The molecule has 0 amide bonds. The van der Waals surface area contributed by atoms with Crippen molar-refractivity contribution in [3.63, 3.8) is 0 Å². The van der Waals surface area contributed by atoms with Gasteiger partial charge in [0.25, 0.3) is 0 Å². The first-order valence-corrected chi connectivity index (χ1v) is 20.7. The molecule has 0 N–H and O–H groups in total. The van der Waals surface area contributed by atoms with Crippen LogP contribution in [0.5, 0.6) is 0 Å². The largest absolute Gasteiger partial charge is 0.309 e. The summed E-state index contributed by atoms with van der Waals surface area (Å²) in [5.74, 6) is 1.93. The molecule has 0 aliphatic carbocycles. The highest BCUT2D eigenvalue weighted by Crippen LogP contribution is 2.44. The highest BCUT2D eigenvalue weighted by molar-refractivity contribution is 6.29. The van der Waals surface area contributed by atoms with Gasteiger partial charge in [-0.3, -0.25) is 0 Å². The first-order chi connectivity index (χ1) is 30.2. The van der Waals surface area contributed by atoms with E-state index in [1.807, 2.05) is 60.7 Å². The van der Waals surface area contributed by atoms with Gasteiger partial charge in [0.2, 0.25) is 0 Å². The van der Waals surface area contributed by atoms with Crippen molar-refractivity contribution in [3.8, 4) is 62.1 Å². The zero-order chi connectivity index (χ0) is 40.3. The van der Waals surface area contributed by atoms with Crippen molar-refractivity contribution in [2.75, 3.05) is 0 Å². The van der Waals surface area contributed by atoms with Gasteiger partial charge in [-0.2, -0.15) is 0 Å². The second-order valence-electron chi connectivity index (χ2n) is 15.6. The maximum Gasteiger partial charge on any atom is 0.164 e. The molecule has 0 bridgehead atoms. The molecule has 2 heterocycles. The predicted molar refractivity (Wildman–Crippen MR) is 254 cm³/mol. The molecule has 12 aromatic rings. The van der Waals surface area contributed by atoms with Crippen LogP contribution in [-0.4, -0.2) is 19.5 Å². The molecular formula is C57H36N4. The fourth-order valence-electron chi connectivity index (χ4n) is 9.20. The zero-order valence-electron chi connectivity index (χ0n) is 33.1. The smallest absolute Gasteiger partial charge is 0.164 e. The molecule has 12 rings (SSSR count). The molecule has 0 spiro atoms. The van der Waals surface area contributed by atoms with Crippen LogP contribution in [0.3, 0.4) is 0 Å². The van der Waals surface area contributed by atoms with E-state index in [2.05, 4.69) is 162 Å². The van der Waals surface area contributed by atoms with Crippen molar-refractivity contribution in [1.29, 1.82) is 0 Å². The Bertz CT molecular complexity index is 3570. The van der Waals surface area contributed by atoms with E-state index in [-0.39, 0.29) is 0 Å². The van der Waals surface area contributed by atoms with Crippen LogP contribution in [0.25, 0.3) is 116 Å². The molecule has 0 atom stereocenters. The molecule has 4 heteroatoms. The summed E-state index contributed by atoms with van der Waals surface area (Å²) in [5.41, 5.74) is 10.9. The molecule has 0 saturated carbocycles. The monoisotopic (exact) mass is 776 g/mol. The molecule has 0 aliphatic heterocycles. The fourth-order valence-corrected chi connectivity index (χ4v) is 9.20. The minimum Gasteiger partial charge on any atom is -0.309 e. The molecule has 0 fully saturated rings. The summed E-state index contributed by atoms with van der Waals surface area (Å²) in [6.45, 7) is 0. The number of hydrogen-bond donors (Lipinski definition) is 0. The second-order valence-corrected chi connectivity index (χ2v) is 15.6. The molecule has 284 valence electrons. The third-order valence-electron chi connectivity index (χ3n) is 12.0. The molecule has 10 aromatic carbocycles. The normalized spacial score (nSPS) is 11.6. The Morgan fingerprint density at radius 1 is 0.262 bits per heavy atom. The standard InChI is InChI=1S/C57H36N4/c1-4-17-37(18-5-1)55-58-56(38-19-6-2-7-20-38)60-57(59-55)42-24-15-22-40(34-42)39-21-14-23-41(33-39)44-31-16-32-52-54(44)51-35-49-47-29-12-10-27-45(47)46-28-11-13-30-48(46)50(49)36-53(51)61(52)43-25-8-3-9-26-43/h1-36H. The van der Waals surface area contributed by atoms with Gasteiger partial charge in [-0.25, -0.2) is 15.0 Å². The van der Waals surface area contributed by atoms with Crippen LogP contribution >= 0.6 is 0 Å². The lowest BCUT2D eigenvalue weighted by Gasteiger charge is -2.12. The average Bonchev–Trinajstić information content (AvgIpc) is 3.68. The van der Waals surface area contributed by atoms with Crippen molar-refractivity contribution in [1.82, 2.24) is 19.5 Å². The number of rotatable bonds is 6. The highest BCUT2D eigenvalue weighted by Gasteiger charge is 2.20. The second kappa shape index (κ2) is 14.3. The van der Waals surface area contributed by atoms with Crippen molar-refractivity contribution < 1.29 is 0 Å². The Labute approximate surface area is 352 Å². The van der Waals surface area contributed by atoms with Gasteiger partial charge >= 0.3 is 0 Å². The van der Waals surface area contributed by atoms with Gasteiger partial charge in [0.15, 0.2) is 17.5 Å². The molecule has 0 unspecified atom stereocenters. The Kier molecular flexibility index (Phi) is 8.13. The average molecular weight is 777 g/mol. The number of hydrogen-bond acceptors (Lipinski definition) is 3. The quantitative estimate of drug-likeness (QED) is 0.158. The Balaban J connectivity index is 1.05. The van der Waals surface area contributed by atoms with Crippen LogP contribution in [0.1, 0.15) is 0 Å². The lowest BCUT2D eigenvalue weighted by atomic mass is 9.92. The van der Waals surface area contributed by atoms with E-state index >= 15 is 0 Å². The fraction of sp³-hybridized carbons (Fsp3) is 0. The van der Waals surface area contributed by atoms with Gasteiger partial charge in [-0.15, -0.1) is 0 Å². The van der Waals surface area contributed by atoms with Crippen LogP contribution < -0.4 is 0 Å². The van der Waals surface area contributed by atoms with Gasteiger partial charge in [0, 0.05) is 33.2 Å². The predicted octanol–water partition coefficient (Wildman–Crippen LogP) is 14.8. The molecule has 2 aromatic heterocycles. The molecule has 4 nitrogen and oxygen atoms in total. The summed E-state index contributed by atoms with van der Waals surface area (Å²) in [6, 6.07) is 77.7. The van der Waals surface area contributed by atoms with Gasteiger partial charge in [0.05, 0.1) is 11.0 Å². The van der Waals surface area contributed by atoms with E-state index < -0.39 is 0 Å². The van der Waals surface area contributed by atoms with Crippen molar-refractivity contribution >= 4 is 54.1 Å². The van der Waals surface area contributed by atoms with Crippen LogP contribution in [0.15, 0.2) is 218 Å². The van der Waals surface area contributed by atoms with Crippen LogP contribution in [-0.2, 0) is 0 Å². The third-order valence-corrected chi connectivity index (χ3v) is 12.0. The summed E-state index contributed by atoms with van der Waals surface area (Å²) >= 11 is 0. The maximum atomic E-state index is 5.02. The number of nitrogens with zero attached hydrogens (tertiary/aromatic N) is 4. The van der Waals surface area contributed by atoms with Gasteiger partial charge in [-0.05, 0) is 97.0 Å². The number of benzene rings is 10. The first kappa shape index (κ1) is 34.8. The van der Waals surface area contributed by atoms with Gasteiger partial charge in [0.1, 0.15) is 0 Å². The molecule has 0 aliphatic rings. The lowest BCUT2D eigenvalue weighted by Crippen LogP contribution is -2.00. The zero-order valence-corrected chi connectivity index (χ0v) is 33.1. The lowest BCUT2D eigenvalue weighted by molar-refractivity contribution is 1.07. The SMILES string of the molecule is c1ccc(-c2nc(-c3ccccc3)nc(-c3cccc(-c4cccc(-c5cccc6c5c5cc7c8ccccc8c8ccccc8c7cc5n6-c5ccccc5)c4)c3)n2)cc1. The van der Waals surface area contributed by atoms with Crippen molar-refractivity contribution in [2.45, 2.75) is 0 Å². The Hall–Kier alpha value is -8.21. The van der Waals surface area contributed by atoms with E-state index in [0.717, 1.165) is 39.1 Å². The van der Waals surface area contributed by atoms with Crippen LogP contribution in [0.4, 0.5) is 0 Å². The van der Waals surface area contributed by atoms with Gasteiger partial charge in [-0.1, -0.05) is 176 Å². The van der Waals surface area contributed by atoms with Crippen LogP contribution in [0.2, 0.25) is 0 Å². The van der Waals surface area contributed by atoms with E-state index in [0.29, 0.717) is 17.5 Å². The highest BCUT2D eigenvalue weighted by atomic mass is 15.0. The molecular weight excluding hydrogens is 741 g/mol. The maximum absolute atomic E-state index is 5.02. The third kappa shape index (κ3) is 5.88.